The molecular formula is C9H10BrClIN. The predicted molar refractivity (Wildman–Crippen MR) is 69.7 cm³/mol. The average molecular weight is 374 g/mol. The quantitative estimate of drug-likeness (QED) is 0.482. The molecule has 1 aromatic carbocycles. The van der Waals surface area contributed by atoms with Crippen molar-refractivity contribution in [2.24, 2.45) is 0 Å². The largest absolute Gasteiger partial charge is 0.312 e. The van der Waals surface area contributed by atoms with Crippen LogP contribution in [0.5, 0.6) is 0 Å². The van der Waals surface area contributed by atoms with Crippen molar-refractivity contribution in [3.8, 4) is 0 Å². The number of rotatable bonds is 4. The van der Waals surface area contributed by atoms with Gasteiger partial charge in [-0.15, -0.1) is 0 Å². The summed E-state index contributed by atoms with van der Waals surface area (Å²) in [7, 11) is 0. The topological polar surface area (TPSA) is 12.0 Å². The van der Waals surface area contributed by atoms with Gasteiger partial charge in [0.15, 0.2) is 0 Å². The van der Waals surface area contributed by atoms with E-state index in [2.05, 4.69) is 43.8 Å². The van der Waals surface area contributed by atoms with Gasteiger partial charge < -0.3 is 5.32 Å². The summed E-state index contributed by atoms with van der Waals surface area (Å²) >= 11 is 11.7. The molecule has 0 aromatic heterocycles. The van der Waals surface area contributed by atoms with Crippen LogP contribution in [0.1, 0.15) is 5.56 Å². The van der Waals surface area contributed by atoms with Crippen LogP contribution in [0.25, 0.3) is 0 Å². The summed E-state index contributed by atoms with van der Waals surface area (Å²) in [6.45, 7) is 1.86. The van der Waals surface area contributed by atoms with Gasteiger partial charge in [0.1, 0.15) is 0 Å². The Morgan fingerprint density at radius 1 is 1.46 bits per heavy atom. The summed E-state index contributed by atoms with van der Waals surface area (Å²) in [4.78, 5) is 0. The van der Waals surface area contributed by atoms with Gasteiger partial charge in [-0.2, -0.15) is 0 Å². The molecule has 1 rings (SSSR count). The molecule has 1 N–H and O–H groups in total. The summed E-state index contributed by atoms with van der Waals surface area (Å²) in [6, 6.07) is 5.96. The van der Waals surface area contributed by atoms with Crippen LogP contribution in [0.15, 0.2) is 22.7 Å². The van der Waals surface area contributed by atoms with E-state index in [0.717, 1.165) is 32.6 Å². The molecule has 4 heteroatoms. The highest BCUT2D eigenvalue weighted by Gasteiger charge is 1.99. The zero-order valence-electron chi connectivity index (χ0n) is 6.99. The van der Waals surface area contributed by atoms with Gasteiger partial charge in [0.05, 0.1) is 0 Å². The lowest BCUT2D eigenvalue weighted by molar-refractivity contribution is 0.737. The van der Waals surface area contributed by atoms with Gasteiger partial charge >= 0.3 is 0 Å². The Morgan fingerprint density at radius 3 is 2.85 bits per heavy atom. The minimum absolute atomic E-state index is 0.815. The number of alkyl halides is 1. The minimum Gasteiger partial charge on any atom is -0.312 e. The third-order valence-electron chi connectivity index (χ3n) is 1.60. The van der Waals surface area contributed by atoms with Gasteiger partial charge in [0.25, 0.3) is 0 Å². The molecule has 0 saturated carbocycles. The third kappa shape index (κ3) is 4.14. The number of nitrogens with one attached hydrogen (secondary N) is 1. The number of hydrogen-bond acceptors (Lipinski definition) is 1. The number of hydrogen-bond donors (Lipinski definition) is 1. The van der Waals surface area contributed by atoms with Crippen LogP contribution < -0.4 is 5.32 Å². The van der Waals surface area contributed by atoms with Gasteiger partial charge in [-0.1, -0.05) is 56.2 Å². The molecule has 0 bridgehead atoms. The first-order chi connectivity index (χ1) is 6.24. The van der Waals surface area contributed by atoms with Crippen molar-refractivity contribution in [2.75, 3.05) is 11.0 Å². The second-order valence-electron chi connectivity index (χ2n) is 2.60. The van der Waals surface area contributed by atoms with E-state index in [1.807, 2.05) is 18.2 Å². The fraction of sp³-hybridized carbons (Fsp3) is 0.333. The molecule has 0 heterocycles. The Balaban J connectivity index is 2.56. The van der Waals surface area contributed by atoms with E-state index in [1.54, 1.807) is 0 Å². The van der Waals surface area contributed by atoms with Gasteiger partial charge in [0.2, 0.25) is 0 Å². The lowest BCUT2D eigenvalue weighted by Crippen LogP contribution is -2.15. The normalized spacial score (nSPS) is 10.4. The Labute approximate surface area is 106 Å². The van der Waals surface area contributed by atoms with Crippen LogP contribution in [0.3, 0.4) is 0 Å². The van der Waals surface area contributed by atoms with Crippen molar-refractivity contribution in [3.05, 3.63) is 33.3 Å². The predicted octanol–water partition coefficient (Wildman–Crippen LogP) is 3.63. The lowest BCUT2D eigenvalue weighted by atomic mass is 10.2. The highest BCUT2D eigenvalue weighted by Crippen LogP contribution is 2.20. The maximum atomic E-state index is 6.04. The second kappa shape index (κ2) is 6.22. The molecule has 0 radical (unpaired) electrons. The Morgan fingerprint density at radius 2 is 2.23 bits per heavy atom. The van der Waals surface area contributed by atoms with Gasteiger partial charge in [-0.25, -0.2) is 0 Å². The molecule has 13 heavy (non-hydrogen) atoms. The summed E-state index contributed by atoms with van der Waals surface area (Å²) in [5, 5.41) is 4.12. The molecule has 0 spiro atoms. The smallest absolute Gasteiger partial charge is 0.0462 e. The van der Waals surface area contributed by atoms with Crippen LogP contribution in [0.4, 0.5) is 0 Å². The lowest BCUT2D eigenvalue weighted by Gasteiger charge is -2.05. The molecular weight excluding hydrogens is 364 g/mol. The van der Waals surface area contributed by atoms with Crippen LogP contribution in [0, 0.1) is 0 Å². The molecule has 0 saturated heterocycles. The minimum atomic E-state index is 0.815. The SMILES string of the molecule is Clc1cc(Br)ccc1CNCCI. The van der Waals surface area contributed by atoms with E-state index in [4.69, 9.17) is 11.6 Å². The molecule has 0 unspecified atom stereocenters. The average Bonchev–Trinajstić information content (AvgIpc) is 2.09. The van der Waals surface area contributed by atoms with E-state index < -0.39 is 0 Å². The zero-order valence-corrected chi connectivity index (χ0v) is 11.5. The Kier molecular flexibility index (Phi) is 5.62. The van der Waals surface area contributed by atoms with Gasteiger partial charge in [-0.05, 0) is 17.7 Å². The first-order valence-electron chi connectivity index (χ1n) is 3.94. The maximum Gasteiger partial charge on any atom is 0.0462 e. The Hall–Kier alpha value is 0.680. The van der Waals surface area contributed by atoms with Gasteiger partial charge in [0, 0.05) is 27.0 Å². The molecule has 0 amide bonds. The van der Waals surface area contributed by atoms with Crippen molar-refractivity contribution in [3.63, 3.8) is 0 Å². The summed E-state index contributed by atoms with van der Waals surface area (Å²) in [5.41, 5.74) is 1.15. The van der Waals surface area contributed by atoms with Crippen molar-refractivity contribution in [1.29, 1.82) is 0 Å². The van der Waals surface area contributed by atoms with Crippen LogP contribution in [-0.4, -0.2) is 11.0 Å². The van der Waals surface area contributed by atoms with Crippen LogP contribution >= 0.6 is 50.1 Å². The van der Waals surface area contributed by atoms with E-state index in [1.165, 1.54) is 0 Å². The van der Waals surface area contributed by atoms with Crippen molar-refractivity contribution in [2.45, 2.75) is 6.54 Å². The standard InChI is InChI=1S/C9H10BrClIN/c10-8-2-1-7(9(11)5-8)6-13-4-3-12/h1-2,5,13H,3-4,6H2. The first-order valence-corrected chi connectivity index (χ1v) is 6.64. The second-order valence-corrected chi connectivity index (χ2v) is 5.00. The molecule has 0 aliphatic heterocycles. The Bertz CT molecular complexity index is 280. The molecule has 1 nitrogen and oxygen atoms in total. The van der Waals surface area contributed by atoms with E-state index in [0.29, 0.717) is 0 Å². The number of halogens is 3. The molecule has 1 aromatic rings. The van der Waals surface area contributed by atoms with Crippen molar-refractivity contribution < 1.29 is 0 Å². The monoisotopic (exact) mass is 373 g/mol. The van der Waals surface area contributed by atoms with E-state index >= 15 is 0 Å². The van der Waals surface area contributed by atoms with Crippen LogP contribution in [-0.2, 0) is 6.54 Å². The maximum absolute atomic E-state index is 6.04. The summed E-state index contributed by atoms with van der Waals surface area (Å²) in [6.07, 6.45) is 0. The van der Waals surface area contributed by atoms with E-state index in [-0.39, 0.29) is 0 Å². The third-order valence-corrected chi connectivity index (χ3v) is 2.99. The fourth-order valence-corrected chi connectivity index (χ4v) is 2.08. The molecule has 0 atom stereocenters. The molecule has 0 aliphatic carbocycles. The van der Waals surface area contributed by atoms with Crippen molar-refractivity contribution in [1.82, 2.24) is 5.32 Å². The zero-order chi connectivity index (χ0) is 9.68. The summed E-state index contributed by atoms with van der Waals surface area (Å²) in [5.74, 6) is 0. The fourth-order valence-electron chi connectivity index (χ4n) is 0.955. The van der Waals surface area contributed by atoms with E-state index in [9.17, 15) is 0 Å². The van der Waals surface area contributed by atoms with Crippen molar-refractivity contribution >= 4 is 50.1 Å². The highest BCUT2D eigenvalue weighted by atomic mass is 127. The highest BCUT2D eigenvalue weighted by molar-refractivity contribution is 14.1. The summed E-state index contributed by atoms with van der Waals surface area (Å²) < 4.78 is 2.14. The molecule has 72 valence electrons. The van der Waals surface area contributed by atoms with Crippen LogP contribution in [0.2, 0.25) is 5.02 Å². The number of benzene rings is 1. The molecule has 0 aliphatic rings. The molecule has 0 fully saturated rings. The first kappa shape index (κ1) is 11.8. The van der Waals surface area contributed by atoms with Gasteiger partial charge in [-0.3, -0.25) is 0 Å².